The van der Waals surface area contributed by atoms with Crippen LogP contribution in [0.2, 0.25) is 0 Å². The maximum absolute atomic E-state index is 12.8. The van der Waals surface area contributed by atoms with Crippen LogP contribution in [0, 0.1) is 0 Å². The quantitative estimate of drug-likeness (QED) is 0.0105. The molecule has 15 heteroatoms. The van der Waals surface area contributed by atoms with E-state index in [-0.39, 0.29) is 12.8 Å². The summed E-state index contributed by atoms with van der Waals surface area (Å²) in [6, 6.07) is 0. The van der Waals surface area contributed by atoms with E-state index >= 15 is 0 Å². The number of esters is 2. The lowest BCUT2D eigenvalue weighted by atomic mass is 9.85. The molecular formula is C47H79O14P. The number of unbranched alkanes of at least 4 members (excludes halogenated alkanes) is 11. The molecule has 0 aliphatic heterocycles. The zero-order valence-electron chi connectivity index (χ0n) is 37.2. The molecule has 14 nitrogen and oxygen atoms in total. The second kappa shape index (κ2) is 36.6. The molecule has 1 saturated carbocycles. The normalized spacial score (nSPS) is 23.0. The van der Waals surface area contributed by atoms with E-state index < -0.39 is 81.8 Å². The summed E-state index contributed by atoms with van der Waals surface area (Å²) in [4.78, 5) is 35.7. The summed E-state index contributed by atoms with van der Waals surface area (Å²) in [6.07, 6.45) is 28.4. The standard InChI is InChI=1S/C47H79O14P/c1-3-5-7-9-11-12-13-14-15-16-17-18-19-20-22-26-31-35-41(50)60-39(37-59-62(56,57)61-47-45(54)43(52)42(51)44(53)46(47)55)36-58-40(49)34-30-27-23-25-29-33-38(48)32-28-24-21-10-8-6-4-2/h6,8,14-15,17-18,20-22,24,28,32,38-39,42-48,51-55H,3-5,7,9-13,16,19,23,25-27,29-31,33-37H2,1-2H3,(H,56,57)/b8-6+,15-14-,18-17-,22-20-,24-21+,32-28+/t38?,39-,42?,43-,44+,45-,46-,47?/m1/s1. The van der Waals surface area contributed by atoms with Crippen LogP contribution in [0.1, 0.15) is 149 Å². The number of carbonyl (C=O) groups excluding carboxylic acids is 2. The van der Waals surface area contributed by atoms with Gasteiger partial charge in [-0.25, -0.2) is 4.57 Å². The molecule has 0 aromatic carbocycles. The molecule has 0 aromatic rings. The Morgan fingerprint density at radius 3 is 1.79 bits per heavy atom. The number of phosphoric acid groups is 1. The Morgan fingerprint density at radius 1 is 0.597 bits per heavy atom. The van der Waals surface area contributed by atoms with Gasteiger partial charge < -0.3 is 45.0 Å². The van der Waals surface area contributed by atoms with E-state index in [0.29, 0.717) is 25.7 Å². The molecule has 7 N–H and O–H groups in total. The summed E-state index contributed by atoms with van der Waals surface area (Å²) in [5.41, 5.74) is 0. The molecule has 1 fully saturated rings. The van der Waals surface area contributed by atoms with E-state index in [4.69, 9.17) is 18.5 Å². The van der Waals surface area contributed by atoms with Gasteiger partial charge in [-0.2, -0.15) is 0 Å². The van der Waals surface area contributed by atoms with Crippen molar-refractivity contribution in [3.8, 4) is 0 Å². The van der Waals surface area contributed by atoms with Crippen LogP contribution in [-0.4, -0.2) is 110 Å². The maximum Gasteiger partial charge on any atom is 0.472 e. The zero-order chi connectivity index (χ0) is 45.9. The molecule has 0 radical (unpaired) electrons. The highest BCUT2D eigenvalue weighted by Gasteiger charge is 2.51. The largest absolute Gasteiger partial charge is 0.472 e. The smallest absolute Gasteiger partial charge is 0.462 e. The predicted molar refractivity (Wildman–Crippen MR) is 241 cm³/mol. The molecule has 62 heavy (non-hydrogen) atoms. The lowest BCUT2D eigenvalue weighted by Crippen LogP contribution is -2.64. The van der Waals surface area contributed by atoms with E-state index in [0.717, 1.165) is 57.8 Å². The summed E-state index contributed by atoms with van der Waals surface area (Å²) in [6.45, 7) is 3.02. The zero-order valence-corrected chi connectivity index (χ0v) is 38.1. The Morgan fingerprint density at radius 2 is 1.13 bits per heavy atom. The van der Waals surface area contributed by atoms with Crippen LogP contribution in [0.15, 0.2) is 72.9 Å². The summed E-state index contributed by atoms with van der Waals surface area (Å²) in [5.74, 6) is -1.24. The van der Waals surface area contributed by atoms with E-state index in [1.165, 1.54) is 38.5 Å². The molecular weight excluding hydrogens is 819 g/mol. The molecule has 1 aliphatic rings. The van der Waals surface area contributed by atoms with Gasteiger partial charge in [-0.15, -0.1) is 0 Å². The van der Waals surface area contributed by atoms with E-state index in [1.807, 2.05) is 30.4 Å². The van der Waals surface area contributed by atoms with Gasteiger partial charge in [-0.05, 0) is 64.2 Å². The number of carbonyl (C=O) groups is 2. The fourth-order valence-corrected chi connectivity index (χ4v) is 7.40. The van der Waals surface area contributed by atoms with Gasteiger partial charge in [-0.3, -0.25) is 18.6 Å². The Balaban J connectivity index is 2.55. The summed E-state index contributed by atoms with van der Waals surface area (Å²) in [7, 11) is -5.16. The average molecular weight is 899 g/mol. The van der Waals surface area contributed by atoms with Crippen molar-refractivity contribution in [1.82, 2.24) is 0 Å². The Kier molecular flexibility index (Phi) is 33.8. The lowest BCUT2D eigenvalue weighted by Gasteiger charge is -2.41. The molecule has 356 valence electrons. The third-order valence-corrected chi connectivity index (χ3v) is 11.1. The Bertz CT molecular complexity index is 1380. The number of ether oxygens (including phenoxy) is 2. The fraction of sp³-hybridized carbons (Fsp3) is 0.702. The molecule has 0 spiro atoms. The summed E-state index contributed by atoms with van der Waals surface area (Å²) in [5, 5.41) is 60.3. The van der Waals surface area contributed by atoms with Gasteiger partial charge in [0.2, 0.25) is 0 Å². The summed E-state index contributed by atoms with van der Waals surface area (Å²) < 4.78 is 33.4. The van der Waals surface area contributed by atoms with Crippen LogP contribution in [0.25, 0.3) is 0 Å². The Hall–Kier alpha value is -2.75. The van der Waals surface area contributed by atoms with Gasteiger partial charge in [0.1, 0.15) is 43.2 Å². The first-order valence-electron chi connectivity index (χ1n) is 22.8. The first kappa shape index (κ1) is 57.3. The van der Waals surface area contributed by atoms with Gasteiger partial charge >= 0.3 is 19.8 Å². The lowest BCUT2D eigenvalue weighted by molar-refractivity contribution is -0.220. The third kappa shape index (κ3) is 28.8. The van der Waals surface area contributed by atoms with Crippen LogP contribution in [-0.2, 0) is 32.7 Å². The van der Waals surface area contributed by atoms with Crippen molar-refractivity contribution in [2.24, 2.45) is 0 Å². The molecule has 0 aromatic heterocycles. The van der Waals surface area contributed by atoms with Crippen LogP contribution in [0.3, 0.4) is 0 Å². The Labute approximate surface area is 370 Å². The first-order chi connectivity index (χ1) is 29.8. The molecule has 0 heterocycles. The van der Waals surface area contributed by atoms with Gasteiger partial charge in [-0.1, -0.05) is 145 Å². The van der Waals surface area contributed by atoms with Gasteiger partial charge in [0.05, 0.1) is 12.7 Å². The molecule has 4 unspecified atom stereocenters. The van der Waals surface area contributed by atoms with Crippen molar-refractivity contribution in [1.29, 1.82) is 0 Å². The van der Waals surface area contributed by atoms with Crippen LogP contribution >= 0.6 is 7.82 Å². The molecule has 9 atom stereocenters. The van der Waals surface area contributed by atoms with Gasteiger partial charge in [0.15, 0.2) is 6.10 Å². The number of aliphatic hydroxyl groups is 6. The second-order valence-corrected chi connectivity index (χ2v) is 17.1. The van der Waals surface area contributed by atoms with Crippen molar-refractivity contribution < 1.29 is 68.2 Å². The van der Waals surface area contributed by atoms with E-state index in [9.17, 15) is 49.7 Å². The van der Waals surface area contributed by atoms with Crippen LogP contribution < -0.4 is 0 Å². The minimum atomic E-state index is -5.16. The number of allylic oxidation sites excluding steroid dienone is 11. The van der Waals surface area contributed by atoms with Crippen molar-refractivity contribution in [3.05, 3.63) is 72.9 Å². The van der Waals surface area contributed by atoms with Gasteiger partial charge in [0, 0.05) is 12.8 Å². The first-order valence-corrected chi connectivity index (χ1v) is 24.3. The van der Waals surface area contributed by atoms with Crippen molar-refractivity contribution in [3.63, 3.8) is 0 Å². The topological polar surface area (TPSA) is 230 Å². The van der Waals surface area contributed by atoms with Crippen LogP contribution in [0.5, 0.6) is 0 Å². The average Bonchev–Trinajstić information content (AvgIpc) is 3.25. The number of hydrogen-bond acceptors (Lipinski definition) is 13. The molecule has 1 aliphatic carbocycles. The highest BCUT2D eigenvalue weighted by molar-refractivity contribution is 7.47. The number of aliphatic hydroxyl groups excluding tert-OH is 6. The van der Waals surface area contributed by atoms with Gasteiger partial charge in [0.25, 0.3) is 0 Å². The van der Waals surface area contributed by atoms with Crippen molar-refractivity contribution >= 4 is 19.8 Å². The summed E-state index contributed by atoms with van der Waals surface area (Å²) >= 11 is 0. The minimum absolute atomic E-state index is 0.00117. The monoisotopic (exact) mass is 899 g/mol. The molecule has 0 amide bonds. The number of rotatable bonds is 36. The predicted octanol–water partition coefficient (Wildman–Crippen LogP) is 7.69. The molecule has 1 rings (SSSR count). The second-order valence-electron chi connectivity index (χ2n) is 15.7. The van der Waals surface area contributed by atoms with Crippen molar-refractivity contribution in [2.75, 3.05) is 13.2 Å². The highest BCUT2D eigenvalue weighted by Crippen LogP contribution is 2.47. The highest BCUT2D eigenvalue weighted by atomic mass is 31.2. The SMILES string of the molecule is CC/C=C/C/C=C/C=C/C(O)CCCCCCCC(=O)OC[C@H](COP(=O)(O)OC1[C@H](O)[C@H](O)C(O)[C@H](O)[C@H]1O)OC(=O)CCC/C=C\C/C=C\C/C=C\CCCCCCCC. The van der Waals surface area contributed by atoms with Crippen molar-refractivity contribution in [2.45, 2.75) is 198 Å². The number of hydrogen-bond donors (Lipinski definition) is 7. The van der Waals surface area contributed by atoms with E-state index in [1.54, 1.807) is 6.08 Å². The molecule has 0 saturated heterocycles. The molecule has 0 bridgehead atoms. The fourth-order valence-electron chi connectivity index (χ4n) is 6.43. The third-order valence-electron chi connectivity index (χ3n) is 10.1. The minimum Gasteiger partial charge on any atom is -0.462 e. The van der Waals surface area contributed by atoms with E-state index in [2.05, 4.69) is 50.3 Å². The maximum atomic E-state index is 12.8. The van der Waals surface area contributed by atoms with Crippen LogP contribution in [0.4, 0.5) is 0 Å². The number of phosphoric ester groups is 1.